The maximum Gasteiger partial charge on any atom is 0.259 e. The number of aryl methyl sites for hydroxylation is 1. The third-order valence-corrected chi connectivity index (χ3v) is 3.44. The predicted molar refractivity (Wildman–Crippen MR) is 71.6 cm³/mol. The van der Waals surface area contributed by atoms with E-state index < -0.39 is 6.10 Å². The Morgan fingerprint density at radius 1 is 1.63 bits per heavy atom. The molecule has 1 aliphatic rings. The average Bonchev–Trinajstić information content (AvgIpc) is 2.83. The van der Waals surface area contributed by atoms with E-state index in [4.69, 9.17) is 5.73 Å². The van der Waals surface area contributed by atoms with Crippen molar-refractivity contribution in [1.82, 2.24) is 19.6 Å². The number of β-amino-alcohol motifs (C(OH)–C–C–N with tert-alkyl or cyclic N) is 1. The van der Waals surface area contributed by atoms with Crippen LogP contribution in [0, 0.1) is 0 Å². The van der Waals surface area contributed by atoms with E-state index in [1.165, 1.54) is 10.9 Å². The number of anilines is 1. The van der Waals surface area contributed by atoms with E-state index >= 15 is 0 Å². The number of likely N-dealkylation sites (tertiary alicyclic amines) is 1. The van der Waals surface area contributed by atoms with Crippen LogP contribution in [0.4, 0.5) is 5.82 Å². The Kier molecular flexibility index (Phi) is 3.77. The number of nitrogens with zero attached hydrogens (tertiary/aromatic N) is 4. The molecule has 19 heavy (non-hydrogen) atoms. The summed E-state index contributed by atoms with van der Waals surface area (Å²) < 4.78 is 1.47. The van der Waals surface area contributed by atoms with Gasteiger partial charge < -0.3 is 20.6 Å². The molecule has 0 bridgehead atoms. The fraction of sp³-hybridized carbons (Fsp3) is 0.667. The first-order valence-electron chi connectivity index (χ1n) is 6.31. The summed E-state index contributed by atoms with van der Waals surface area (Å²) in [6.07, 6.45) is 1.62. The predicted octanol–water partition coefficient (Wildman–Crippen LogP) is -0.861. The molecule has 2 heterocycles. The van der Waals surface area contributed by atoms with Gasteiger partial charge in [0.15, 0.2) is 0 Å². The van der Waals surface area contributed by atoms with E-state index in [1.54, 1.807) is 11.9 Å². The standard InChI is InChI=1S/C12H21N5O2/c1-15(2)6-8-4-9(18)7-17(8)12(19)10-5-14-16(3)11(10)13/h5,8-9,18H,4,6-7,13H2,1-3H3. The van der Waals surface area contributed by atoms with Gasteiger partial charge >= 0.3 is 0 Å². The Bertz CT molecular complexity index is 471. The first kappa shape index (κ1) is 13.8. The number of rotatable bonds is 3. The molecular weight excluding hydrogens is 246 g/mol. The highest BCUT2D eigenvalue weighted by molar-refractivity contribution is 5.98. The van der Waals surface area contributed by atoms with Crippen LogP contribution in [-0.2, 0) is 7.05 Å². The number of aromatic nitrogens is 2. The smallest absolute Gasteiger partial charge is 0.259 e. The van der Waals surface area contributed by atoms with Crippen molar-refractivity contribution in [2.75, 3.05) is 32.9 Å². The van der Waals surface area contributed by atoms with Crippen LogP contribution in [0.3, 0.4) is 0 Å². The van der Waals surface area contributed by atoms with Gasteiger partial charge in [-0.2, -0.15) is 5.10 Å². The molecule has 3 N–H and O–H groups in total. The molecule has 2 unspecified atom stereocenters. The number of carbonyl (C=O) groups excluding carboxylic acids is 1. The van der Waals surface area contributed by atoms with Crippen LogP contribution in [0.15, 0.2) is 6.20 Å². The fourth-order valence-electron chi connectivity index (χ4n) is 2.50. The second kappa shape index (κ2) is 5.18. The molecule has 0 saturated carbocycles. The number of nitrogen functional groups attached to an aromatic ring is 1. The first-order chi connectivity index (χ1) is 8.90. The summed E-state index contributed by atoms with van der Waals surface area (Å²) in [6, 6.07) is 0.0112. The quantitative estimate of drug-likeness (QED) is 0.744. The molecule has 0 aliphatic carbocycles. The van der Waals surface area contributed by atoms with Crippen LogP contribution in [0.1, 0.15) is 16.8 Å². The molecule has 1 aliphatic heterocycles. The third-order valence-electron chi connectivity index (χ3n) is 3.44. The molecule has 2 atom stereocenters. The highest BCUT2D eigenvalue weighted by Crippen LogP contribution is 2.23. The van der Waals surface area contributed by atoms with Crippen molar-refractivity contribution >= 4 is 11.7 Å². The van der Waals surface area contributed by atoms with E-state index in [2.05, 4.69) is 5.10 Å². The lowest BCUT2D eigenvalue weighted by molar-refractivity contribution is 0.0700. The Labute approximate surface area is 112 Å². The maximum atomic E-state index is 12.5. The van der Waals surface area contributed by atoms with Crippen LogP contribution in [0.2, 0.25) is 0 Å². The molecule has 0 aromatic carbocycles. The Morgan fingerprint density at radius 3 is 2.84 bits per heavy atom. The number of hydrogen-bond acceptors (Lipinski definition) is 5. The van der Waals surface area contributed by atoms with Crippen molar-refractivity contribution < 1.29 is 9.90 Å². The van der Waals surface area contributed by atoms with Crippen molar-refractivity contribution in [1.29, 1.82) is 0 Å². The van der Waals surface area contributed by atoms with E-state index in [9.17, 15) is 9.90 Å². The van der Waals surface area contributed by atoms with Crippen molar-refractivity contribution in [2.24, 2.45) is 7.05 Å². The van der Waals surface area contributed by atoms with Crippen molar-refractivity contribution in [3.8, 4) is 0 Å². The number of hydrogen-bond donors (Lipinski definition) is 2. The zero-order valence-electron chi connectivity index (χ0n) is 11.6. The van der Waals surface area contributed by atoms with Crippen molar-refractivity contribution in [2.45, 2.75) is 18.6 Å². The van der Waals surface area contributed by atoms with Crippen LogP contribution in [0.25, 0.3) is 0 Å². The molecule has 1 aromatic rings. The fourth-order valence-corrected chi connectivity index (χ4v) is 2.50. The molecule has 1 aromatic heterocycles. The minimum Gasteiger partial charge on any atom is -0.391 e. The van der Waals surface area contributed by atoms with Gasteiger partial charge in [0.2, 0.25) is 0 Å². The van der Waals surface area contributed by atoms with Crippen LogP contribution in [-0.4, -0.2) is 69.9 Å². The second-order valence-electron chi connectivity index (χ2n) is 5.33. The molecule has 0 spiro atoms. The molecule has 1 saturated heterocycles. The third kappa shape index (κ3) is 2.71. The maximum absolute atomic E-state index is 12.5. The molecule has 1 amide bonds. The molecular formula is C12H21N5O2. The monoisotopic (exact) mass is 267 g/mol. The summed E-state index contributed by atoms with van der Waals surface area (Å²) in [7, 11) is 5.60. The summed E-state index contributed by atoms with van der Waals surface area (Å²) in [5.41, 5.74) is 6.24. The summed E-state index contributed by atoms with van der Waals surface area (Å²) in [6.45, 7) is 1.08. The van der Waals surface area contributed by atoms with E-state index in [0.717, 1.165) is 6.54 Å². The summed E-state index contributed by atoms with van der Waals surface area (Å²) >= 11 is 0. The Balaban J connectivity index is 2.19. The first-order valence-corrected chi connectivity index (χ1v) is 6.31. The number of aliphatic hydroxyl groups excluding tert-OH is 1. The van der Waals surface area contributed by atoms with Gasteiger partial charge in [-0.3, -0.25) is 9.48 Å². The summed E-state index contributed by atoms with van der Waals surface area (Å²) in [4.78, 5) is 16.2. The van der Waals surface area contributed by atoms with Gasteiger partial charge in [0.05, 0.1) is 12.3 Å². The average molecular weight is 267 g/mol. The van der Waals surface area contributed by atoms with Gasteiger partial charge in [-0.25, -0.2) is 0 Å². The number of likely N-dealkylation sites (N-methyl/N-ethyl adjacent to an activating group) is 1. The Morgan fingerprint density at radius 2 is 2.32 bits per heavy atom. The minimum absolute atomic E-state index is 0.0112. The highest BCUT2D eigenvalue weighted by Gasteiger charge is 2.36. The lowest BCUT2D eigenvalue weighted by Gasteiger charge is -2.26. The minimum atomic E-state index is -0.466. The zero-order valence-corrected chi connectivity index (χ0v) is 11.6. The molecule has 106 valence electrons. The van der Waals surface area contributed by atoms with Gasteiger partial charge in [-0.1, -0.05) is 0 Å². The van der Waals surface area contributed by atoms with Gasteiger partial charge in [-0.15, -0.1) is 0 Å². The van der Waals surface area contributed by atoms with Gasteiger partial charge in [0.1, 0.15) is 11.4 Å². The molecule has 1 fully saturated rings. The largest absolute Gasteiger partial charge is 0.391 e. The van der Waals surface area contributed by atoms with Gasteiger partial charge in [0, 0.05) is 26.2 Å². The molecule has 0 radical (unpaired) electrons. The number of amides is 1. The SMILES string of the molecule is CN(C)CC1CC(O)CN1C(=O)c1cnn(C)c1N. The van der Waals surface area contributed by atoms with E-state index in [1.807, 2.05) is 19.0 Å². The van der Waals surface area contributed by atoms with E-state index in [-0.39, 0.29) is 11.9 Å². The molecule has 7 heteroatoms. The highest BCUT2D eigenvalue weighted by atomic mass is 16.3. The van der Waals surface area contributed by atoms with Gasteiger partial charge in [0.25, 0.3) is 5.91 Å². The number of nitrogens with two attached hydrogens (primary N) is 1. The Hall–Kier alpha value is -1.60. The topological polar surface area (TPSA) is 87.6 Å². The van der Waals surface area contributed by atoms with Crippen LogP contribution in [0.5, 0.6) is 0 Å². The normalized spacial score (nSPS) is 23.3. The zero-order chi connectivity index (χ0) is 14.2. The van der Waals surface area contributed by atoms with Crippen molar-refractivity contribution in [3.05, 3.63) is 11.8 Å². The summed E-state index contributed by atoms with van der Waals surface area (Å²) in [5.74, 6) is 0.198. The second-order valence-corrected chi connectivity index (χ2v) is 5.33. The lowest BCUT2D eigenvalue weighted by atomic mass is 10.2. The van der Waals surface area contributed by atoms with E-state index in [0.29, 0.717) is 24.3 Å². The molecule has 2 rings (SSSR count). The van der Waals surface area contributed by atoms with Crippen molar-refractivity contribution in [3.63, 3.8) is 0 Å². The van der Waals surface area contributed by atoms with Crippen LogP contribution >= 0.6 is 0 Å². The summed E-state index contributed by atoms with van der Waals surface area (Å²) in [5, 5.41) is 13.8. The molecule has 7 nitrogen and oxygen atoms in total. The lowest BCUT2D eigenvalue weighted by Crippen LogP contribution is -2.41. The number of aliphatic hydroxyl groups is 1. The van der Waals surface area contributed by atoms with Crippen LogP contribution < -0.4 is 5.73 Å². The number of carbonyl (C=O) groups is 1. The van der Waals surface area contributed by atoms with Gasteiger partial charge in [-0.05, 0) is 20.5 Å².